The SMILES string of the molecule is COc1ccnc(C(=O)C[C@H]2COC[C@H](Cc3ccccc3)[C@@H](OC3CCCCC3)[C@H](C)OC2=O)c1O. The van der Waals surface area contributed by atoms with Crippen LogP contribution in [0.2, 0.25) is 0 Å². The van der Waals surface area contributed by atoms with Gasteiger partial charge in [-0.3, -0.25) is 9.59 Å². The Bertz CT molecular complexity index is 1040. The number of rotatable bonds is 8. The normalized spacial score (nSPS) is 25.4. The van der Waals surface area contributed by atoms with Gasteiger partial charge in [0.25, 0.3) is 0 Å². The van der Waals surface area contributed by atoms with Gasteiger partial charge in [0.15, 0.2) is 23.0 Å². The smallest absolute Gasteiger partial charge is 0.312 e. The minimum Gasteiger partial charge on any atom is -0.503 e. The first-order valence-corrected chi connectivity index (χ1v) is 13.2. The van der Waals surface area contributed by atoms with Crippen molar-refractivity contribution in [1.29, 1.82) is 0 Å². The van der Waals surface area contributed by atoms with Crippen molar-refractivity contribution in [2.45, 2.75) is 70.2 Å². The van der Waals surface area contributed by atoms with Gasteiger partial charge >= 0.3 is 5.97 Å². The minimum atomic E-state index is -0.826. The van der Waals surface area contributed by atoms with Crippen LogP contribution in [-0.2, 0) is 25.4 Å². The predicted octanol–water partition coefficient (Wildman–Crippen LogP) is 4.52. The van der Waals surface area contributed by atoms with Gasteiger partial charge in [0.05, 0.1) is 38.4 Å². The average molecular weight is 512 g/mol. The molecule has 2 aromatic rings. The topological polar surface area (TPSA) is 104 Å². The summed E-state index contributed by atoms with van der Waals surface area (Å²) >= 11 is 0. The lowest BCUT2D eigenvalue weighted by Gasteiger charge is -2.35. The number of pyridine rings is 1. The summed E-state index contributed by atoms with van der Waals surface area (Å²) in [7, 11) is 1.39. The van der Waals surface area contributed by atoms with E-state index in [0.29, 0.717) is 6.61 Å². The molecule has 0 amide bonds. The van der Waals surface area contributed by atoms with E-state index < -0.39 is 23.8 Å². The van der Waals surface area contributed by atoms with Crippen LogP contribution >= 0.6 is 0 Å². The highest BCUT2D eigenvalue weighted by Crippen LogP contribution is 2.31. The number of carbonyl (C=O) groups is 2. The Hall–Kier alpha value is -2.97. The second-order valence-electron chi connectivity index (χ2n) is 10.0. The molecule has 0 radical (unpaired) electrons. The number of ketones is 1. The van der Waals surface area contributed by atoms with Crippen LogP contribution in [0.5, 0.6) is 11.5 Å². The molecule has 1 N–H and O–H groups in total. The van der Waals surface area contributed by atoms with E-state index in [2.05, 4.69) is 17.1 Å². The molecule has 8 heteroatoms. The number of ether oxygens (including phenoxy) is 4. The van der Waals surface area contributed by atoms with E-state index in [1.54, 1.807) is 0 Å². The van der Waals surface area contributed by atoms with Crippen LogP contribution in [0.1, 0.15) is 61.5 Å². The van der Waals surface area contributed by atoms with Gasteiger partial charge < -0.3 is 24.1 Å². The number of methoxy groups -OCH3 is 1. The summed E-state index contributed by atoms with van der Waals surface area (Å²) in [5.41, 5.74) is 1.03. The van der Waals surface area contributed by atoms with Gasteiger partial charge in [-0.1, -0.05) is 49.6 Å². The first kappa shape index (κ1) is 27.1. The molecule has 8 nitrogen and oxygen atoms in total. The van der Waals surface area contributed by atoms with Gasteiger partial charge in [0.1, 0.15) is 6.10 Å². The Morgan fingerprint density at radius 1 is 1.11 bits per heavy atom. The van der Waals surface area contributed by atoms with Crippen molar-refractivity contribution in [2.24, 2.45) is 11.8 Å². The number of aromatic hydroxyl groups is 1. The Morgan fingerprint density at radius 2 is 1.86 bits per heavy atom. The van der Waals surface area contributed by atoms with Crippen molar-refractivity contribution in [3.05, 3.63) is 53.9 Å². The zero-order valence-corrected chi connectivity index (χ0v) is 21.6. The van der Waals surface area contributed by atoms with E-state index in [4.69, 9.17) is 18.9 Å². The second kappa shape index (κ2) is 13.0. The summed E-state index contributed by atoms with van der Waals surface area (Å²) in [6.07, 6.45) is 6.72. The fourth-order valence-corrected chi connectivity index (χ4v) is 5.26. The van der Waals surface area contributed by atoms with Crippen LogP contribution in [0.3, 0.4) is 0 Å². The quantitative estimate of drug-likeness (QED) is 0.407. The van der Waals surface area contributed by atoms with Crippen molar-refractivity contribution in [1.82, 2.24) is 4.98 Å². The number of Topliss-reactive ketones (excluding diaryl/α,β-unsaturated/α-hetero) is 1. The summed E-state index contributed by atoms with van der Waals surface area (Å²) < 4.78 is 23.7. The summed E-state index contributed by atoms with van der Waals surface area (Å²) in [5.74, 6) is -2.04. The monoisotopic (exact) mass is 511 g/mol. The number of hydrogen-bond donors (Lipinski definition) is 1. The number of aromatic nitrogens is 1. The highest BCUT2D eigenvalue weighted by Gasteiger charge is 2.37. The molecule has 1 aliphatic carbocycles. The molecule has 200 valence electrons. The zero-order valence-electron chi connectivity index (χ0n) is 21.6. The number of cyclic esters (lactones) is 1. The van der Waals surface area contributed by atoms with E-state index in [-0.39, 0.29) is 48.3 Å². The maximum absolute atomic E-state index is 13.2. The lowest BCUT2D eigenvalue weighted by Crippen LogP contribution is -2.42. The number of carbonyl (C=O) groups excluding carboxylic acids is 2. The molecule has 2 fully saturated rings. The maximum atomic E-state index is 13.2. The van der Waals surface area contributed by atoms with E-state index in [1.807, 2.05) is 25.1 Å². The molecule has 1 aromatic heterocycles. The molecule has 0 spiro atoms. The lowest BCUT2D eigenvalue weighted by molar-refractivity contribution is -0.168. The highest BCUT2D eigenvalue weighted by molar-refractivity contribution is 5.99. The summed E-state index contributed by atoms with van der Waals surface area (Å²) in [4.78, 5) is 30.2. The van der Waals surface area contributed by atoms with Crippen molar-refractivity contribution < 1.29 is 33.6 Å². The van der Waals surface area contributed by atoms with Gasteiger partial charge in [-0.2, -0.15) is 0 Å². The number of esters is 1. The van der Waals surface area contributed by atoms with Crippen LogP contribution in [0.25, 0.3) is 0 Å². The third-order valence-corrected chi connectivity index (χ3v) is 7.26. The van der Waals surface area contributed by atoms with Crippen molar-refractivity contribution >= 4 is 11.8 Å². The molecule has 0 bridgehead atoms. The van der Waals surface area contributed by atoms with E-state index in [1.165, 1.54) is 25.8 Å². The fourth-order valence-electron chi connectivity index (χ4n) is 5.26. The van der Waals surface area contributed by atoms with Gasteiger partial charge in [0.2, 0.25) is 0 Å². The number of hydrogen-bond acceptors (Lipinski definition) is 8. The van der Waals surface area contributed by atoms with Gasteiger partial charge in [-0.25, -0.2) is 4.98 Å². The molecule has 2 aliphatic rings. The molecular weight excluding hydrogens is 474 g/mol. The zero-order chi connectivity index (χ0) is 26.2. The molecular formula is C29H37NO7. The molecule has 2 heterocycles. The molecule has 37 heavy (non-hydrogen) atoms. The second-order valence-corrected chi connectivity index (χ2v) is 10.0. The number of benzene rings is 1. The summed E-state index contributed by atoms with van der Waals surface area (Å²) in [6, 6.07) is 11.6. The van der Waals surface area contributed by atoms with Gasteiger partial charge in [-0.15, -0.1) is 0 Å². The third-order valence-electron chi connectivity index (χ3n) is 7.26. The lowest BCUT2D eigenvalue weighted by atomic mass is 9.90. The first-order valence-electron chi connectivity index (χ1n) is 13.2. The van der Waals surface area contributed by atoms with Crippen molar-refractivity contribution in [3.63, 3.8) is 0 Å². The summed E-state index contributed by atoms with van der Waals surface area (Å²) in [5, 5.41) is 10.3. The molecule has 0 unspecified atom stereocenters. The Balaban J connectivity index is 1.51. The van der Waals surface area contributed by atoms with Crippen molar-refractivity contribution in [3.8, 4) is 11.5 Å². The molecule has 1 saturated carbocycles. The van der Waals surface area contributed by atoms with Crippen LogP contribution in [0.15, 0.2) is 42.6 Å². The third kappa shape index (κ3) is 7.08. The van der Waals surface area contributed by atoms with Crippen LogP contribution in [0.4, 0.5) is 0 Å². The van der Waals surface area contributed by atoms with Crippen LogP contribution in [0, 0.1) is 11.8 Å². The van der Waals surface area contributed by atoms with Crippen LogP contribution in [-0.4, -0.2) is 60.5 Å². The van der Waals surface area contributed by atoms with Gasteiger partial charge in [0, 0.05) is 24.6 Å². The Kier molecular flexibility index (Phi) is 9.52. The Morgan fingerprint density at radius 3 is 2.59 bits per heavy atom. The molecule has 1 aliphatic heterocycles. The Labute approximate surface area is 218 Å². The number of nitrogens with zero attached hydrogens (tertiary/aromatic N) is 1. The highest BCUT2D eigenvalue weighted by atomic mass is 16.6. The average Bonchev–Trinajstić information content (AvgIpc) is 2.95. The molecule has 1 saturated heterocycles. The van der Waals surface area contributed by atoms with Crippen LogP contribution < -0.4 is 4.74 Å². The van der Waals surface area contributed by atoms with Gasteiger partial charge in [-0.05, 0) is 31.7 Å². The van der Waals surface area contributed by atoms with Crippen molar-refractivity contribution in [2.75, 3.05) is 20.3 Å². The first-order chi connectivity index (χ1) is 18.0. The minimum absolute atomic E-state index is 0.0225. The van der Waals surface area contributed by atoms with E-state index >= 15 is 0 Å². The van der Waals surface area contributed by atoms with E-state index in [0.717, 1.165) is 37.7 Å². The predicted molar refractivity (Wildman–Crippen MR) is 137 cm³/mol. The summed E-state index contributed by atoms with van der Waals surface area (Å²) in [6.45, 7) is 2.27. The molecule has 4 rings (SSSR count). The fraction of sp³-hybridized carbons (Fsp3) is 0.552. The maximum Gasteiger partial charge on any atom is 0.312 e. The molecule has 4 atom stereocenters. The molecule has 1 aromatic carbocycles. The largest absolute Gasteiger partial charge is 0.503 e. The standard InChI is InChI=1S/C29H37NO7/c1-19-28(37-23-11-7-4-8-12-23)21(15-20-9-5-3-6-10-20)17-35-18-22(29(33)36-19)16-24(31)26-27(32)25(34-2)13-14-30-26/h3,5-6,9-10,13-14,19,21-23,28,32H,4,7-8,11-12,15-18H2,1-2H3/t19-,21-,22-,28-/m0/s1. The van der Waals surface area contributed by atoms with E-state index in [9.17, 15) is 14.7 Å².